The third-order valence-electron chi connectivity index (χ3n) is 5.60. The number of hydrogen-bond acceptors (Lipinski definition) is 7. The molecule has 1 amide bonds. The fraction of sp³-hybridized carbons (Fsp3) is 0.360. The Hall–Kier alpha value is -3.79. The highest BCUT2D eigenvalue weighted by Crippen LogP contribution is 2.30. The summed E-state index contributed by atoms with van der Waals surface area (Å²) in [6, 6.07) is 12.0. The summed E-state index contributed by atoms with van der Waals surface area (Å²) in [5, 5.41) is 22.9. The van der Waals surface area contributed by atoms with Gasteiger partial charge in [0.1, 0.15) is 11.9 Å². The van der Waals surface area contributed by atoms with Crippen LogP contribution in [0.5, 0.6) is 0 Å². The number of nitrogens with zero attached hydrogens (tertiary/aromatic N) is 5. The molecule has 1 N–H and O–H groups in total. The molecule has 0 spiro atoms. The van der Waals surface area contributed by atoms with Gasteiger partial charge in [0, 0.05) is 18.2 Å². The van der Waals surface area contributed by atoms with Gasteiger partial charge in [-0.25, -0.2) is 9.18 Å². The van der Waals surface area contributed by atoms with E-state index < -0.39 is 18.0 Å². The first-order valence-electron chi connectivity index (χ1n) is 11.4. The zero-order chi connectivity index (χ0) is 24.9. The smallest absolute Gasteiger partial charge is 0.414 e. The number of ether oxygens (including phenoxy) is 1. The molecule has 0 radical (unpaired) electrons. The first-order chi connectivity index (χ1) is 16.9. The van der Waals surface area contributed by atoms with E-state index in [-0.39, 0.29) is 25.3 Å². The largest absolute Gasteiger partial charge is 0.442 e. The van der Waals surface area contributed by atoms with Gasteiger partial charge in [0.15, 0.2) is 6.10 Å². The van der Waals surface area contributed by atoms with E-state index in [1.807, 2.05) is 26.0 Å². The van der Waals surface area contributed by atoms with Crippen LogP contribution in [-0.4, -0.2) is 59.9 Å². The molecular weight excluding hydrogens is 453 g/mol. The Labute approximate surface area is 203 Å². The normalized spacial score (nSPS) is 19.7. The van der Waals surface area contributed by atoms with Gasteiger partial charge < -0.3 is 14.7 Å². The number of anilines is 1. The monoisotopic (exact) mass is 481 g/mol. The standard InChI is InChI=1S/C25H28FN5O4/c1-4-30(29-27-16(2)3)13-21-14-31(25(33)34-21)19-9-10-22(23(26)11-19)17-5-7-18(8-6-17)24-12-20(15-32)35-28-24/h4-11,16,20-21,32H,1,12-15H2,2-3H3. The van der Waals surface area contributed by atoms with Crippen molar-refractivity contribution in [2.24, 2.45) is 15.5 Å². The average Bonchev–Trinajstić information content (AvgIpc) is 3.48. The molecule has 4 rings (SSSR count). The van der Waals surface area contributed by atoms with Gasteiger partial charge in [0.25, 0.3) is 0 Å². The second-order valence-electron chi connectivity index (χ2n) is 8.61. The van der Waals surface area contributed by atoms with E-state index in [0.29, 0.717) is 29.8 Å². The van der Waals surface area contributed by atoms with Crippen LogP contribution in [0.3, 0.4) is 0 Å². The summed E-state index contributed by atoms with van der Waals surface area (Å²) in [7, 11) is 0. The van der Waals surface area contributed by atoms with Crippen LogP contribution in [0.4, 0.5) is 14.9 Å². The number of aliphatic hydroxyl groups excluding tert-OH is 1. The molecule has 0 aliphatic carbocycles. The fourth-order valence-corrected chi connectivity index (χ4v) is 3.80. The molecule has 1 fully saturated rings. The van der Waals surface area contributed by atoms with Crippen LogP contribution in [0.25, 0.3) is 11.1 Å². The molecule has 0 bridgehead atoms. The van der Waals surface area contributed by atoms with Crippen LogP contribution in [-0.2, 0) is 9.57 Å². The summed E-state index contributed by atoms with van der Waals surface area (Å²) in [4.78, 5) is 19.0. The van der Waals surface area contributed by atoms with Crippen LogP contribution in [0.1, 0.15) is 25.8 Å². The van der Waals surface area contributed by atoms with Crippen molar-refractivity contribution in [2.75, 3.05) is 24.6 Å². The first kappa shape index (κ1) is 24.3. The summed E-state index contributed by atoms with van der Waals surface area (Å²) < 4.78 is 20.5. The Morgan fingerprint density at radius 2 is 2.00 bits per heavy atom. The highest BCUT2D eigenvalue weighted by molar-refractivity contribution is 6.01. The minimum absolute atomic E-state index is 0.0295. The number of cyclic esters (lactones) is 1. The first-order valence-corrected chi connectivity index (χ1v) is 11.4. The van der Waals surface area contributed by atoms with Crippen LogP contribution < -0.4 is 4.90 Å². The minimum atomic E-state index is -0.544. The SMILES string of the molecule is C=CN(CC1CN(c2ccc(-c3ccc(C4=NOC(CO)C4)cc3)c(F)c2)C(=O)O1)N=NC(C)C. The van der Waals surface area contributed by atoms with Crippen molar-refractivity contribution in [3.05, 3.63) is 66.6 Å². The number of rotatable bonds is 9. The predicted molar refractivity (Wildman–Crippen MR) is 129 cm³/mol. The summed E-state index contributed by atoms with van der Waals surface area (Å²) in [5.74, 6) is -0.452. The number of carbonyl (C=O) groups excluding carboxylic acids is 1. The van der Waals surface area contributed by atoms with Gasteiger partial charge in [0.05, 0.1) is 37.1 Å². The van der Waals surface area contributed by atoms with Gasteiger partial charge in [0.2, 0.25) is 0 Å². The Balaban J connectivity index is 1.43. The summed E-state index contributed by atoms with van der Waals surface area (Å²) >= 11 is 0. The topological polar surface area (TPSA) is 99.3 Å². The number of halogens is 1. The number of amides is 1. The summed E-state index contributed by atoms with van der Waals surface area (Å²) in [6.45, 7) is 7.98. The molecule has 2 atom stereocenters. The number of oxime groups is 1. The maximum atomic E-state index is 15.1. The van der Waals surface area contributed by atoms with E-state index in [1.165, 1.54) is 22.2 Å². The Bertz CT molecular complexity index is 1140. The third-order valence-corrected chi connectivity index (χ3v) is 5.60. The van der Waals surface area contributed by atoms with E-state index >= 15 is 4.39 Å². The summed E-state index contributed by atoms with van der Waals surface area (Å²) in [6.07, 6.45) is 0.707. The molecule has 10 heteroatoms. The van der Waals surface area contributed by atoms with E-state index in [9.17, 15) is 9.90 Å². The molecule has 9 nitrogen and oxygen atoms in total. The van der Waals surface area contributed by atoms with Crippen LogP contribution in [0.15, 0.2) is 70.7 Å². The Morgan fingerprint density at radius 1 is 1.26 bits per heavy atom. The molecule has 0 saturated carbocycles. The van der Waals surface area contributed by atoms with Crippen molar-refractivity contribution in [3.63, 3.8) is 0 Å². The second-order valence-corrected chi connectivity index (χ2v) is 8.61. The van der Waals surface area contributed by atoms with Crippen molar-refractivity contribution in [1.82, 2.24) is 5.01 Å². The number of hydrogen-bond donors (Lipinski definition) is 1. The lowest BCUT2D eigenvalue weighted by Crippen LogP contribution is -2.29. The molecule has 2 heterocycles. The van der Waals surface area contributed by atoms with Gasteiger partial charge >= 0.3 is 6.09 Å². The lowest BCUT2D eigenvalue weighted by Gasteiger charge is -2.17. The van der Waals surface area contributed by atoms with Crippen molar-refractivity contribution < 1.29 is 23.9 Å². The van der Waals surface area contributed by atoms with E-state index in [1.54, 1.807) is 24.3 Å². The van der Waals surface area contributed by atoms with Gasteiger partial charge in [-0.15, -0.1) is 0 Å². The average molecular weight is 482 g/mol. The lowest BCUT2D eigenvalue weighted by atomic mass is 9.99. The lowest BCUT2D eigenvalue weighted by molar-refractivity contribution is 0.0390. The van der Waals surface area contributed by atoms with E-state index in [0.717, 1.165) is 11.3 Å². The molecule has 2 aromatic carbocycles. The van der Waals surface area contributed by atoms with Gasteiger partial charge in [-0.1, -0.05) is 41.2 Å². The van der Waals surface area contributed by atoms with Crippen molar-refractivity contribution in [2.45, 2.75) is 38.5 Å². The fourth-order valence-electron chi connectivity index (χ4n) is 3.80. The third kappa shape index (κ3) is 5.65. The van der Waals surface area contributed by atoms with E-state index in [4.69, 9.17) is 9.57 Å². The minimum Gasteiger partial charge on any atom is -0.442 e. The number of carbonyl (C=O) groups is 1. The quantitative estimate of drug-likeness (QED) is 0.419. The molecule has 2 aromatic rings. The zero-order valence-electron chi connectivity index (χ0n) is 19.7. The van der Waals surface area contributed by atoms with Crippen molar-refractivity contribution in [1.29, 1.82) is 0 Å². The Kier molecular flexibility index (Phi) is 7.40. The molecular formula is C25H28FN5O4. The molecule has 0 aromatic heterocycles. The van der Waals surface area contributed by atoms with Gasteiger partial charge in [-0.05, 0) is 43.2 Å². The van der Waals surface area contributed by atoms with Crippen LogP contribution in [0.2, 0.25) is 0 Å². The molecule has 184 valence electrons. The van der Waals surface area contributed by atoms with Crippen molar-refractivity contribution in [3.8, 4) is 11.1 Å². The second kappa shape index (κ2) is 10.6. The van der Waals surface area contributed by atoms with Gasteiger partial charge in [-0.2, -0.15) is 5.11 Å². The van der Waals surface area contributed by atoms with E-state index in [2.05, 4.69) is 22.1 Å². The number of benzene rings is 2. The Morgan fingerprint density at radius 3 is 2.63 bits per heavy atom. The molecule has 2 aliphatic rings. The molecule has 2 aliphatic heterocycles. The highest BCUT2D eigenvalue weighted by atomic mass is 19.1. The van der Waals surface area contributed by atoms with Crippen LogP contribution >= 0.6 is 0 Å². The number of aliphatic hydroxyl groups is 1. The molecule has 1 saturated heterocycles. The van der Waals surface area contributed by atoms with Crippen molar-refractivity contribution >= 4 is 17.5 Å². The highest BCUT2D eigenvalue weighted by Gasteiger charge is 2.33. The van der Waals surface area contributed by atoms with Crippen LogP contribution in [0, 0.1) is 5.82 Å². The molecule has 35 heavy (non-hydrogen) atoms. The maximum Gasteiger partial charge on any atom is 0.414 e. The molecule has 2 unspecified atom stereocenters. The predicted octanol–water partition coefficient (Wildman–Crippen LogP) is 4.52. The maximum absolute atomic E-state index is 15.1. The van der Waals surface area contributed by atoms with Gasteiger partial charge in [-0.3, -0.25) is 9.91 Å². The summed E-state index contributed by atoms with van der Waals surface area (Å²) in [5.41, 5.74) is 3.12. The zero-order valence-corrected chi connectivity index (χ0v) is 19.7.